The second kappa shape index (κ2) is 5.80. The Balaban J connectivity index is 2.54. The van der Waals surface area contributed by atoms with E-state index in [1.807, 2.05) is 30.3 Å². The molecule has 2 rings (SSSR count). The molecule has 0 aliphatic rings. The lowest BCUT2D eigenvalue weighted by molar-refractivity contribution is -0.141. The van der Waals surface area contributed by atoms with Crippen LogP contribution in [0.5, 0.6) is 0 Å². The lowest BCUT2D eigenvalue weighted by Gasteiger charge is -2.16. The predicted molar refractivity (Wildman–Crippen MR) is 83.6 cm³/mol. The number of ether oxygens (including phenoxy) is 1. The van der Waals surface area contributed by atoms with E-state index in [-0.39, 0.29) is 11.9 Å². The smallest absolute Gasteiger partial charge is 0.312 e. The summed E-state index contributed by atoms with van der Waals surface area (Å²) in [5.74, 6) is -0.609. The van der Waals surface area contributed by atoms with Crippen molar-refractivity contribution in [2.24, 2.45) is 0 Å². The minimum Gasteiger partial charge on any atom is -0.469 e. The first-order chi connectivity index (χ1) is 9.34. The van der Waals surface area contributed by atoms with Crippen molar-refractivity contribution in [2.45, 2.75) is 16.6 Å². The number of fused-ring (bicyclic) bond motifs is 1. The Morgan fingerprint density at radius 2 is 1.90 bits per heavy atom. The maximum absolute atomic E-state index is 11.6. The van der Waals surface area contributed by atoms with Gasteiger partial charge in [-0.15, -0.1) is 0 Å². The van der Waals surface area contributed by atoms with Crippen molar-refractivity contribution >= 4 is 51.5 Å². The summed E-state index contributed by atoms with van der Waals surface area (Å²) in [4.78, 5) is 11.6. The summed E-state index contributed by atoms with van der Waals surface area (Å²) in [7, 11) is 1.38. The Labute approximate surface area is 132 Å². The quantitative estimate of drug-likeness (QED) is 0.575. The molecule has 0 saturated carbocycles. The average Bonchev–Trinajstić information content (AvgIpc) is 2.43. The summed E-state index contributed by atoms with van der Waals surface area (Å²) in [6.07, 6.45) is 0. The number of alkyl halides is 3. The summed E-state index contributed by atoms with van der Waals surface area (Å²) in [6, 6.07) is 11.1. The standard InChI is InChI=1S/C15H13Cl3O2/c1-9(14(19)20-2)10-6-7-12-11(8-10)4-3-5-13(12)15(16,17)18/h3-9H,1-2H3. The zero-order chi connectivity index (χ0) is 14.9. The molecule has 0 amide bonds. The Hall–Kier alpha value is -0.960. The molecule has 2 nitrogen and oxygen atoms in total. The zero-order valence-electron chi connectivity index (χ0n) is 11.0. The monoisotopic (exact) mass is 330 g/mol. The molecule has 1 unspecified atom stereocenters. The van der Waals surface area contributed by atoms with Crippen LogP contribution >= 0.6 is 34.8 Å². The summed E-state index contributed by atoms with van der Waals surface area (Å²) in [6.45, 7) is 1.80. The number of carbonyl (C=O) groups is 1. The first-order valence-electron chi connectivity index (χ1n) is 6.02. The van der Waals surface area contributed by atoms with Gasteiger partial charge in [-0.25, -0.2) is 0 Å². The normalized spacial score (nSPS) is 13.2. The fraction of sp³-hybridized carbons (Fsp3) is 0.267. The predicted octanol–water partition coefficient (Wildman–Crippen LogP) is 4.94. The molecule has 0 aromatic heterocycles. The average molecular weight is 332 g/mol. The third kappa shape index (κ3) is 3.03. The molecular formula is C15H13Cl3O2. The molecule has 0 aliphatic carbocycles. The van der Waals surface area contributed by atoms with E-state index in [0.717, 1.165) is 16.3 Å². The van der Waals surface area contributed by atoms with E-state index in [1.54, 1.807) is 13.0 Å². The highest BCUT2D eigenvalue weighted by Crippen LogP contribution is 2.41. The van der Waals surface area contributed by atoms with Gasteiger partial charge in [-0.3, -0.25) is 4.79 Å². The maximum Gasteiger partial charge on any atom is 0.312 e. The Morgan fingerprint density at radius 1 is 1.20 bits per heavy atom. The second-order valence-electron chi connectivity index (χ2n) is 4.53. The van der Waals surface area contributed by atoms with Gasteiger partial charge >= 0.3 is 5.97 Å². The number of benzene rings is 2. The van der Waals surface area contributed by atoms with Crippen molar-refractivity contribution in [1.29, 1.82) is 0 Å². The van der Waals surface area contributed by atoms with Gasteiger partial charge in [-0.1, -0.05) is 71.2 Å². The summed E-state index contributed by atoms with van der Waals surface area (Å²) >= 11 is 17.9. The SMILES string of the molecule is COC(=O)C(C)c1ccc2c(C(Cl)(Cl)Cl)cccc2c1. The van der Waals surface area contributed by atoms with Gasteiger partial charge in [0.2, 0.25) is 3.79 Å². The topological polar surface area (TPSA) is 26.3 Å². The maximum atomic E-state index is 11.6. The van der Waals surface area contributed by atoms with Crippen molar-refractivity contribution in [3.8, 4) is 0 Å². The van der Waals surface area contributed by atoms with Crippen molar-refractivity contribution in [1.82, 2.24) is 0 Å². The Kier molecular flexibility index (Phi) is 4.48. The van der Waals surface area contributed by atoms with Crippen LogP contribution in [-0.4, -0.2) is 13.1 Å². The van der Waals surface area contributed by atoms with Gasteiger partial charge in [0, 0.05) is 5.56 Å². The summed E-state index contributed by atoms with van der Waals surface area (Å²) in [5, 5.41) is 1.77. The fourth-order valence-corrected chi connectivity index (χ4v) is 2.63. The van der Waals surface area contributed by atoms with Crippen LogP contribution in [-0.2, 0) is 13.3 Å². The number of halogens is 3. The van der Waals surface area contributed by atoms with Gasteiger partial charge in [0.05, 0.1) is 13.0 Å². The van der Waals surface area contributed by atoms with E-state index in [9.17, 15) is 4.79 Å². The summed E-state index contributed by atoms with van der Waals surface area (Å²) < 4.78 is 3.28. The third-order valence-corrected chi connectivity index (χ3v) is 3.88. The first kappa shape index (κ1) is 15.4. The van der Waals surface area contributed by atoms with E-state index >= 15 is 0 Å². The number of rotatable bonds is 2. The van der Waals surface area contributed by atoms with Gasteiger partial charge in [0.1, 0.15) is 0 Å². The molecule has 0 N–H and O–H groups in total. The van der Waals surface area contributed by atoms with Gasteiger partial charge in [-0.05, 0) is 23.3 Å². The first-order valence-corrected chi connectivity index (χ1v) is 7.15. The fourth-order valence-electron chi connectivity index (χ4n) is 2.13. The Morgan fingerprint density at radius 3 is 2.50 bits per heavy atom. The lowest BCUT2D eigenvalue weighted by atomic mass is 9.96. The molecule has 0 radical (unpaired) electrons. The largest absolute Gasteiger partial charge is 0.469 e. The molecule has 5 heteroatoms. The third-order valence-electron chi connectivity index (χ3n) is 3.26. The van der Waals surface area contributed by atoms with E-state index in [4.69, 9.17) is 39.5 Å². The Bertz CT molecular complexity index is 647. The van der Waals surface area contributed by atoms with Crippen LogP contribution in [0.2, 0.25) is 0 Å². The molecule has 0 spiro atoms. The van der Waals surface area contributed by atoms with Crippen LogP contribution in [0.15, 0.2) is 36.4 Å². The highest BCUT2D eigenvalue weighted by atomic mass is 35.6. The van der Waals surface area contributed by atoms with Crippen LogP contribution < -0.4 is 0 Å². The molecule has 20 heavy (non-hydrogen) atoms. The van der Waals surface area contributed by atoms with Gasteiger partial charge < -0.3 is 4.74 Å². The van der Waals surface area contributed by atoms with Crippen LogP contribution in [0.25, 0.3) is 10.8 Å². The summed E-state index contributed by atoms with van der Waals surface area (Å²) in [5.41, 5.74) is 1.49. The molecule has 0 bridgehead atoms. The number of hydrogen-bond donors (Lipinski definition) is 0. The van der Waals surface area contributed by atoms with Gasteiger partial charge in [0.15, 0.2) is 0 Å². The van der Waals surface area contributed by atoms with Crippen LogP contribution in [0.4, 0.5) is 0 Å². The van der Waals surface area contributed by atoms with E-state index in [1.165, 1.54) is 7.11 Å². The minimum absolute atomic E-state index is 0.276. The van der Waals surface area contributed by atoms with E-state index in [2.05, 4.69) is 0 Å². The van der Waals surface area contributed by atoms with Crippen LogP contribution in [0.1, 0.15) is 24.0 Å². The number of methoxy groups -OCH3 is 1. The zero-order valence-corrected chi connectivity index (χ0v) is 13.3. The lowest BCUT2D eigenvalue weighted by Crippen LogP contribution is -2.10. The highest BCUT2D eigenvalue weighted by Gasteiger charge is 2.25. The molecular weight excluding hydrogens is 319 g/mol. The van der Waals surface area contributed by atoms with E-state index in [0.29, 0.717) is 5.56 Å². The molecule has 2 aromatic rings. The van der Waals surface area contributed by atoms with E-state index < -0.39 is 3.79 Å². The number of carbonyl (C=O) groups excluding carboxylic acids is 1. The number of hydrogen-bond acceptors (Lipinski definition) is 2. The molecule has 106 valence electrons. The minimum atomic E-state index is -1.48. The van der Waals surface area contributed by atoms with Crippen molar-refractivity contribution in [2.75, 3.05) is 7.11 Å². The van der Waals surface area contributed by atoms with Gasteiger partial charge in [0.25, 0.3) is 0 Å². The highest BCUT2D eigenvalue weighted by molar-refractivity contribution is 6.67. The second-order valence-corrected chi connectivity index (χ2v) is 6.81. The molecule has 0 heterocycles. The van der Waals surface area contributed by atoms with Crippen molar-refractivity contribution in [3.05, 3.63) is 47.5 Å². The molecule has 2 aromatic carbocycles. The van der Waals surface area contributed by atoms with Crippen LogP contribution in [0, 0.1) is 0 Å². The van der Waals surface area contributed by atoms with Crippen molar-refractivity contribution in [3.63, 3.8) is 0 Å². The van der Waals surface area contributed by atoms with Gasteiger partial charge in [-0.2, -0.15) is 0 Å². The molecule has 0 fully saturated rings. The van der Waals surface area contributed by atoms with Crippen LogP contribution in [0.3, 0.4) is 0 Å². The molecule has 0 saturated heterocycles. The van der Waals surface area contributed by atoms with Crippen molar-refractivity contribution < 1.29 is 9.53 Å². The molecule has 1 atom stereocenters. The number of esters is 1. The molecule has 0 aliphatic heterocycles.